The van der Waals surface area contributed by atoms with Crippen molar-refractivity contribution in [3.05, 3.63) is 46.0 Å². The van der Waals surface area contributed by atoms with Gasteiger partial charge in [0.05, 0.1) is 0 Å². The zero-order chi connectivity index (χ0) is 16.5. The molecule has 0 radical (unpaired) electrons. The van der Waals surface area contributed by atoms with Crippen molar-refractivity contribution in [1.29, 1.82) is 0 Å². The number of carboxylic acids is 1. The molecule has 0 amide bonds. The lowest BCUT2D eigenvalue weighted by molar-refractivity contribution is -0.520. The fourth-order valence-corrected chi connectivity index (χ4v) is 1.82. The Morgan fingerprint density at radius 2 is 2.00 bits per heavy atom. The maximum absolute atomic E-state index is 11.2. The van der Waals surface area contributed by atoms with E-state index in [9.17, 15) is 20.0 Å². The van der Waals surface area contributed by atoms with E-state index >= 15 is 0 Å². The molecule has 0 aliphatic rings. The molecule has 0 saturated carbocycles. The van der Waals surface area contributed by atoms with Crippen LogP contribution in [0.3, 0.4) is 0 Å². The lowest BCUT2D eigenvalue weighted by Crippen LogP contribution is -2.42. The molecular formula is C13H19N5O4. The number of benzene rings is 1. The predicted octanol–water partition coefficient (Wildman–Crippen LogP) is -0.462. The maximum Gasteiger partial charge on any atom is 0.320 e. The smallest absolute Gasteiger partial charge is 0.320 e. The van der Waals surface area contributed by atoms with Gasteiger partial charge in [0.2, 0.25) is 6.04 Å². The maximum atomic E-state index is 11.2. The summed E-state index contributed by atoms with van der Waals surface area (Å²) in [6.07, 6.45) is -0.216. The highest BCUT2D eigenvalue weighted by Crippen LogP contribution is 2.06. The molecule has 1 aromatic rings. The number of nitrogens with zero attached hydrogens (tertiary/aromatic N) is 2. The second-order valence-corrected chi connectivity index (χ2v) is 4.70. The second-order valence-electron chi connectivity index (χ2n) is 4.70. The van der Waals surface area contributed by atoms with Crippen molar-refractivity contribution in [3.63, 3.8) is 0 Å². The molecule has 0 aromatic heterocycles. The van der Waals surface area contributed by atoms with Crippen LogP contribution in [0.15, 0.2) is 35.3 Å². The largest absolute Gasteiger partial charge is 0.480 e. The number of nitro groups is 1. The first-order chi connectivity index (χ1) is 10.4. The van der Waals surface area contributed by atoms with Crippen LogP contribution < -0.4 is 16.8 Å². The van der Waals surface area contributed by atoms with Crippen LogP contribution in [0.25, 0.3) is 0 Å². The molecule has 0 bridgehead atoms. The third-order valence-corrected chi connectivity index (χ3v) is 2.98. The van der Waals surface area contributed by atoms with Gasteiger partial charge in [-0.1, -0.05) is 30.3 Å². The molecule has 0 heterocycles. The Labute approximate surface area is 127 Å². The first kappa shape index (κ1) is 17.4. The third-order valence-electron chi connectivity index (χ3n) is 2.98. The third kappa shape index (κ3) is 6.18. The molecule has 0 aliphatic carbocycles. The standard InChI is InChI=1S/C13H19N5O4/c14-13(15)17-8-10(18(21)22)6-11(12(19)20)16-7-9-4-2-1-3-5-9/h1-5,10-11,16H,6-8H2,(H,19,20)(H4,14,15,17)/t10?,11-/m1/s1. The molecule has 6 N–H and O–H groups in total. The summed E-state index contributed by atoms with van der Waals surface area (Å²) >= 11 is 0. The molecule has 0 fully saturated rings. The van der Waals surface area contributed by atoms with Gasteiger partial charge in [0.25, 0.3) is 0 Å². The van der Waals surface area contributed by atoms with E-state index in [1.807, 2.05) is 30.3 Å². The summed E-state index contributed by atoms with van der Waals surface area (Å²) in [5, 5.41) is 23.0. The van der Waals surface area contributed by atoms with E-state index in [0.29, 0.717) is 6.54 Å². The Morgan fingerprint density at radius 3 is 2.50 bits per heavy atom. The van der Waals surface area contributed by atoms with Crippen LogP contribution in [0.2, 0.25) is 0 Å². The normalized spacial score (nSPS) is 13.1. The number of hydrogen-bond donors (Lipinski definition) is 4. The lowest BCUT2D eigenvalue weighted by Gasteiger charge is -2.16. The van der Waals surface area contributed by atoms with Crippen molar-refractivity contribution in [3.8, 4) is 0 Å². The number of rotatable bonds is 9. The molecule has 0 aliphatic heterocycles. The van der Waals surface area contributed by atoms with Crippen LogP contribution in [0.5, 0.6) is 0 Å². The van der Waals surface area contributed by atoms with Crippen LogP contribution >= 0.6 is 0 Å². The first-order valence-electron chi connectivity index (χ1n) is 6.59. The molecule has 9 nitrogen and oxygen atoms in total. The van der Waals surface area contributed by atoms with E-state index in [-0.39, 0.29) is 18.9 Å². The number of hydrogen-bond acceptors (Lipinski definition) is 5. The molecule has 1 unspecified atom stereocenters. The number of guanidine groups is 1. The number of nitrogens with two attached hydrogens (primary N) is 2. The van der Waals surface area contributed by atoms with Gasteiger partial charge in [-0.15, -0.1) is 0 Å². The summed E-state index contributed by atoms with van der Waals surface area (Å²) < 4.78 is 0. The fourth-order valence-electron chi connectivity index (χ4n) is 1.82. The van der Waals surface area contributed by atoms with Crippen molar-refractivity contribution >= 4 is 11.9 Å². The van der Waals surface area contributed by atoms with Crippen LogP contribution in [0.1, 0.15) is 12.0 Å². The van der Waals surface area contributed by atoms with E-state index in [2.05, 4.69) is 10.3 Å². The quantitative estimate of drug-likeness (QED) is 0.208. The minimum Gasteiger partial charge on any atom is -0.480 e. The summed E-state index contributed by atoms with van der Waals surface area (Å²) in [5.74, 6) is -1.43. The van der Waals surface area contributed by atoms with E-state index in [0.717, 1.165) is 5.56 Å². The molecule has 1 rings (SSSR count). The molecule has 2 atom stereocenters. The van der Waals surface area contributed by atoms with E-state index in [4.69, 9.17) is 11.5 Å². The van der Waals surface area contributed by atoms with Gasteiger partial charge in [-0.2, -0.15) is 0 Å². The zero-order valence-electron chi connectivity index (χ0n) is 11.9. The first-order valence-corrected chi connectivity index (χ1v) is 6.59. The van der Waals surface area contributed by atoms with Crippen LogP contribution in [-0.2, 0) is 11.3 Å². The van der Waals surface area contributed by atoms with Gasteiger partial charge in [-0.25, -0.2) is 4.99 Å². The number of aliphatic imine (C=N–C) groups is 1. The van der Waals surface area contributed by atoms with Gasteiger partial charge in [0.15, 0.2) is 5.96 Å². The molecule has 22 heavy (non-hydrogen) atoms. The topological polar surface area (TPSA) is 157 Å². The number of nitrogens with one attached hydrogen (secondary N) is 1. The summed E-state index contributed by atoms with van der Waals surface area (Å²) in [6, 6.07) is 6.91. The minimum absolute atomic E-state index is 0.216. The number of carbonyl (C=O) groups is 1. The van der Waals surface area contributed by atoms with Gasteiger partial charge >= 0.3 is 5.97 Å². The Balaban J connectivity index is 2.66. The van der Waals surface area contributed by atoms with Crippen molar-refractivity contribution < 1.29 is 14.8 Å². The summed E-state index contributed by atoms with van der Waals surface area (Å²) in [7, 11) is 0. The van der Waals surface area contributed by atoms with Crippen molar-refractivity contribution in [2.75, 3.05) is 6.54 Å². The highest BCUT2D eigenvalue weighted by atomic mass is 16.6. The van der Waals surface area contributed by atoms with Crippen molar-refractivity contribution in [2.24, 2.45) is 16.5 Å². The molecular weight excluding hydrogens is 290 g/mol. The Morgan fingerprint density at radius 1 is 1.36 bits per heavy atom. The highest BCUT2D eigenvalue weighted by molar-refractivity contribution is 5.75. The molecule has 0 spiro atoms. The fraction of sp³-hybridized carbons (Fsp3) is 0.385. The Hall–Kier alpha value is -2.68. The predicted molar refractivity (Wildman–Crippen MR) is 80.8 cm³/mol. The Bertz CT molecular complexity index is 530. The average Bonchev–Trinajstić information content (AvgIpc) is 2.46. The summed E-state index contributed by atoms with van der Waals surface area (Å²) in [4.78, 5) is 25.2. The van der Waals surface area contributed by atoms with Gasteiger partial charge in [0.1, 0.15) is 12.6 Å². The Kier molecular flexibility index (Phi) is 6.77. The van der Waals surface area contributed by atoms with E-state index in [1.165, 1.54) is 0 Å². The monoisotopic (exact) mass is 309 g/mol. The molecule has 1 aromatic carbocycles. The summed E-state index contributed by atoms with van der Waals surface area (Å²) in [6.45, 7) is 0.0384. The molecule has 0 saturated heterocycles. The minimum atomic E-state index is -1.17. The van der Waals surface area contributed by atoms with E-state index in [1.54, 1.807) is 0 Å². The zero-order valence-corrected chi connectivity index (χ0v) is 11.9. The van der Waals surface area contributed by atoms with Crippen LogP contribution in [-0.4, -0.2) is 40.6 Å². The van der Waals surface area contributed by atoms with Gasteiger partial charge in [-0.05, 0) is 5.56 Å². The van der Waals surface area contributed by atoms with E-state index < -0.39 is 23.0 Å². The van der Waals surface area contributed by atoms with Crippen LogP contribution in [0.4, 0.5) is 0 Å². The lowest BCUT2D eigenvalue weighted by atomic mass is 10.1. The number of carboxylic acid groups (broad SMARTS) is 1. The van der Waals surface area contributed by atoms with Crippen molar-refractivity contribution in [2.45, 2.75) is 25.0 Å². The molecule has 120 valence electrons. The second kappa shape index (κ2) is 8.57. The average molecular weight is 309 g/mol. The van der Waals surface area contributed by atoms with Crippen molar-refractivity contribution in [1.82, 2.24) is 5.32 Å². The van der Waals surface area contributed by atoms with Gasteiger partial charge in [-0.3, -0.25) is 14.9 Å². The SMILES string of the molecule is NC(N)=NCC(C[C@@H](NCc1ccccc1)C(=O)O)[N+](=O)[O-]. The summed E-state index contributed by atoms with van der Waals surface area (Å²) in [5.41, 5.74) is 11.2. The van der Waals surface area contributed by atoms with Gasteiger partial charge < -0.3 is 21.9 Å². The highest BCUT2D eigenvalue weighted by Gasteiger charge is 2.29. The van der Waals surface area contributed by atoms with Gasteiger partial charge in [0, 0.05) is 17.9 Å². The molecule has 9 heteroatoms. The van der Waals surface area contributed by atoms with Crippen LogP contribution in [0, 0.1) is 10.1 Å². The number of aliphatic carboxylic acids is 1.